The summed E-state index contributed by atoms with van der Waals surface area (Å²) in [6.07, 6.45) is 0. The van der Waals surface area contributed by atoms with Gasteiger partial charge in [-0.3, -0.25) is 0 Å². The van der Waals surface area contributed by atoms with Crippen LogP contribution >= 0.6 is 0 Å². The molecule has 0 aromatic heterocycles. The van der Waals surface area contributed by atoms with Crippen LogP contribution in [0.25, 0.3) is 0 Å². The molecule has 7 nitrogen and oxygen atoms in total. The molecule has 0 spiro atoms. The minimum absolute atomic E-state index is 0.320. The van der Waals surface area contributed by atoms with Crippen molar-refractivity contribution in [3.63, 3.8) is 0 Å². The normalized spacial score (nSPS) is 12.9. The summed E-state index contributed by atoms with van der Waals surface area (Å²) < 4.78 is 53.2. The van der Waals surface area contributed by atoms with E-state index < -0.39 is 27.2 Å². The third-order valence-electron chi connectivity index (χ3n) is 0.402. The van der Waals surface area contributed by atoms with E-state index in [9.17, 15) is 15.2 Å². The van der Waals surface area contributed by atoms with Gasteiger partial charge in [-0.15, -0.1) is 0 Å². The van der Waals surface area contributed by atoms with Gasteiger partial charge in [-0.05, 0) is 0 Å². The van der Waals surface area contributed by atoms with Crippen LogP contribution in [-0.4, -0.2) is 52.4 Å². The average molecular weight is 625 g/mol. The van der Waals surface area contributed by atoms with E-state index in [2.05, 4.69) is 6.32 Å². The summed E-state index contributed by atoms with van der Waals surface area (Å²) in [5, 5.41) is 0. The summed E-state index contributed by atoms with van der Waals surface area (Å²) in [5.41, 5.74) is 0. The molecule has 0 saturated carbocycles. The van der Waals surface area contributed by atoms with Gasteiger partial charge in [0.1, 0.15) is 0 Å². The number of hydrogen-bond acceptors (Lipinski definition) is 7. The zero-order chi connectivity index (χ0) is 9.12. The third kappa shape index (κ3) is 6.11. The van der Waals surface area contributed by atoms with E-state index in [0.717, 1.165) is 0 Å². The van der Waals surface area contributed by atoms with Crippen molar-refractivity contribution in [3.8, 4) is 0 Å². The van der Waals surface area contributed by atoms with Gasteiger partial charge in [-0.25, -0.2) is 0 Å². The third-order valence-corrected chi connectivity index (χ3v) is 11.4. The van der Waals surface area contributed by atoms with Crippen LogP contribution in [0.1, 0.15) is 0 Å². The average Bonchev–Trinajstić information content (AvgIpc) is 1.86. The monoisotopic (exact) mass is 626 g/mol. The molecule has 0 aromatic rings. The van der Waals surface area contributed by atoms with Crippen LogP contribution in [-0.2, 0) is 48.8 Å². The first-order chi connectivity index (χ1) is 4.83. The van der Waals surface area contributed by atoms with Crippen molar-refractivity contribution in [3.05, 3.63) is 0 Å². The summed E-state index contributed by atoms with van der Waals surface area (Å²) in [7, 11) is 0. The van der Waals surface area contributed by atoms with Gasteiger partial charge >= 0.3 is 101 Å². The van der Waals surface area contributed by atoms with Crippen LogP contribution in [0.3, 0.4) is 0 Å². The molecule has 0 bridgehead atoms. The van der Waals surface area contributed by atoms with Gasteiger partial charge in [0.05, 0.1) is 0 Å². The van der Waals surface area contributed by atoms with Crippen LogP contribution in [0.15, 0.2) is 0 Å². The first kappa shape index (κ1) is 13.0. The zero-order valence-corrected chi connectivity index (χ0v) is 16.4. The Kier molecular flexibility index (Phi) is 5.92. The van der Waals surface area contributed by atoms with Gasteiger partial charge < -0.3 is 0 Å². The SMILES string of the molecule is [O]=[Cr](=[O])([O][Tl])[O][Cr](=[O])(=[O])[O][Tl]. The van der Waals surface area contributed by atoms with E-state index in [1.165, 1.54) is 0 Å². The van der Waals surface area contributed by atoms with Crippen LogP contribution in [0, 0.1) is 0 Å². The van der Waals surface area contributed by atoms with Crippen LogP contribution in [0.4, 0.5) is 0 Å². The zero-order valence-electron chi connectivity index (χ0n) is 4.83. The van der Waals surface area contributed by atoms with Crippen molar-refractivity contribution in [1.82, 2.24) is 0 Å². The molecule has 11 heavy (non-hydrogen) atoms. The molecule has 0 rings (SSSR count). The molecule has 0 aliphatic heterocycles. The maximum absolute atomic E-state index is 10.4. The summed E-state index contributed by atoms with van der Waals surface area (Å²) in [6, 6.07) is 0. The maximum atomic E-state index is 10.4. The fraction of sp³-hybridized carbons (Fsp3) is 0. The minimum atomic E-state index is -5.08. The number of hydrogen-bond donors (Lipinski definition) is 0. The van der Waals surface area contributed by atoms with Crippen molar-refractivity contribution in [2.45, 2.75) is 0 Å². The van der Waals surface area contributed by atoms with Crippen LogP contribution in [0.2, 0.25) is 0 Å². The van der Waals surface area contributed by atoms with Crippen molar-refractivity contribution in [2.75, 3.05) is 0 Å². The van der Waals surface area contributed by atoms with Crippen molar-refractivity contribution >= 4 is 52.4 Å². The van der Waals surface area contributed by atoms with Crippen LogP contribution < -0.4 is 0 Å². The van der Waals surface area contributed by atoms with E-state index in [1.54, 1.807) is 0 Å². The quantitative estimate of drug-likeness (QED) is 0.354. The first-order valence-corrected chi connectivity index (χ1v) is 9.63. The molecule has 11 heteroatoms. The molecule has 0 heterocycles. The molecule has 0 amide bonds. The topological polar surface area (TPSA) is 96.0 Å². The molecule has 0 fully saturated rings. The van der Waals surface area contributed by atoms with Gasteiger partial charge in [0.2, 0.25) is 0 Å². The summed E-state index contributed by atoms with van der Waals surface area (Å²) >= 11 is -10.8. The Morgan fingerprint density at radius 2 is 1.09 bits per heavy atom. The second-order valence-corrected chi connectivity index (χ2v) is 11.5. The molecule has 0 saturated heterocycles. The molecule has 60 valence electrons. The molecule has 0 atom stereocenters. The van der Waals surface area contributed by atoms with Crippen molar-refractivity contribution in [2.24, 2.45) is 0 Å². The molecule has 0 N–H and O–H groups in total. The predicted molar refractivity (Wildman–Crippen MR) is 17.5 cm³/mol. The van der Waals surface area contributed by atoms with E-state index in [4.69, 9.17) is 0 Å². The second-order valence-electron chi connectivity index (χ2n) is 1.08. The van der Waals surface area contributed by atoms with Gasteiger partial charge in [0, 0.05) is 0 Å². The van der Waals surface area contributed by atoms with Gasteiger partial charge in [0.25, 0.3) is 0 Å². The van der Waals surface area contributed by atoms with Gasteiger partial charge in [-0.1, -0.05) is 0 Å². The molecular formula is Cr2O7Tl2. The van der Waals surface area contributed by atoms with Crippen molar-refractivity contribution < 1.29 is 48.8 Å². The second kappa shape index (κ2) is 5.02. The molecule has 0 unspecified atom stereocenters. The summed E-state index contributed by atoms with van der Waals surface area (Å²) in [5.74, 6) is 0. The Hall–Kier alpha value is 1.99. The molecule has 0 aliphatic rings. The summed E-state index contributed by atoms with van der Waals surface area (Å²) in [6.45, 7) is 0. The van der Waals surface area contributed by atoms with Gasteiger partial charge in [0.15, 0.2) is 0 Å². The Bertz CT molecular complexity index is 263. The van der Waals surface area contributed by atoms with Crippen LogP contribution in [0.5, 0.6) is 0 Å². The summed E-state index contributed by atoms with van der Waals surface area (Å²) in [4.78, 5) is 0. The van der Waals surface area contributed by atoms with E-state index in [0.29, 0.717) is 0 Å². The Labute approximate surface area is 99.6 Å². The van der Waals surface area contributed by atoms with E-state index >= 15 is 0 Å². The Balaban J connectivity index is 4.54. The predicted octanol–water partition coefficient (Wildman–Crippen LogP) is -1.45. The van der Waals surface area contributed by atoms with E-state index in [-0.39, 0.29) is 52.4 Å². The molecule has 0 aromatic carbocycles. The molecule has 0 aliphatic carbocycles. The first-order valence-electron chi connectivity index (χ1n) is 1.80. The Morgan fingerprint density at radius 3 is 1.27 bits per heavy atom. The fourth-order valence-corrected chi connectivity index (χ4v) is 6.52. The van der Waals surface area contributed by atoms with E-state index in [1.807, 2.05) is 0 Å². The standard InChI is InChI=1S/2Cr.7O.2Tl. The number of rotatable bonds is 4. The van der Waals surface area contributed by atoms with Crippen molar-refractivity contribution in [1.29, 1.82) is 0 Å². The Morgan fingerprint density at radius 1 is 0.818 bits per heavy atom. The van der Waals surface area contributed by atoms with Gasteiger partial charge in [-0.2, -0.15) is 0 Å². The molecule has 0 radical (unpaired) electrons. The molecular weight excluding hydrogens is 625 g/mol. The fourth-order valence-electron chi connectivity index (χ4n) is 0.134.